The predicted molar refractivity (Wildman–Crippen MR) is 121 cm³/mol. The van der Waals surface area contributed by atoms with E-state index >= 15 is 0 Å². The SMILES string of the molecule is CCCCCC(=O)Nc1cccc(CO/N=C(\c2cccc(C)n2)N(N)/C(C)=N\N)n1. The molecule has 0 spiro atoms. The average molecular weight is 427 g/mol. The van der Waals surface area contributed by atoms with Crippen molar-refractivity contribution < 1.29 is 9.63 Å². The van der Waals surface area contributed by atoms with Crippen molar-refractivity contribution in [3.63, 3.8) is 0 Å². The maximum Gasteiger partial charge on any atom is 0.225 e. The second-order valence-corrected chi connectivity index (χ2v) is 6.92. The molecule has 0 aliphatic heterocycles. The Morgan fingerprint density at radius 3 is 2.68 bits per heavy atom. The van der Waals surface area contributed by atoms with Gasteiger partial charge < -0.3 is 16.0 Å². The second kappa shape index (κ2) is 12.2. The minimum atomic E-state index is -0.0554. The van der Waals surface area contributed by atoms with Gasteiger partial charge in [0.15, 0.2) is 6.61 Å². The Labute approximate surface area is 182 Å². The molecule has 5 N–H and O–H groups in total. The topological polar surface area (TPSA) is 144 Å². The molecule has 10 nitrogen and oxygen atoms in total. The summed E-state index contributed by atoms with van der Waals surface area (Å²) in [6.45, 7) is 5.67. The van der Waals surface area contributed by atoms with Crippen molar-refractivity contribution in [2.45, 2.75) is 53.1 Å². The third kappa shape index (κ3) is 7.67. The highest BCUT2D eigenvalue weighted by Gasteiger charge is 2.16. The van der Waals surface area contributed by atoms with Crippen molar-refractivity contribution in [2.75, 3.05) is 5.32 Å². The number of hydrogen-bond donors (Lipinski definition) is 3. The number of aryl methyl sites for hydroxylation is 1. The fourth-order valence-corrected chi connectivity index (χ4v) is 2.63. The molecular formula is C21H30N8O2. The van der Waals surface area contributed by atoms with Gasteiger partial charge in [-0.05, 0) is 44.5 Å². The highest BCUT2D eigenvalue weighted by molar-refractivity contribution is 6.06. The number of carbonyl (C=O) groups is 1. The van der Waals surface area contributed by atoms with Crippen molar-refractivity contribution >= 4 is 23.4 Å². The van der Waals surface area contributed by atoms with Crippen LogP contribution < -0.4 is 17.0 Å². The van der Waals surface area contributed by atoms with E-state index in [9.17, 15) is 4.79 Å². The van der Waals surface area contributed by atoms with E-state index in [4.69, 9.17) is 16.5 Å². The van der Waals surface area contributed by atoms with Gasteiger partial charge in [-0.1, -0.05) is 37.1 Å². The highest BCUT2D eigenvalue weighted by Crippen LogP contribution is 2.09. The number of nitrogens with zero attached hydrogens (tertiary/aromatic N) is 5. The lowest BCUT2D eigenvalue weighted by molar-refractivity contribution is -0.116. The Balaban J connectivity index is 2.09. The van der Waals surface area contributed by atoms with Gasteiger partial charge in [0.1, 0.15) is 17.3 Å². The molecule has 2 aromatic heterocycles. The summed E-state index contributed by atoms with van der Waals surface area (Å²) in [5.74, 6) is 12.4. The van der Waals surface area contributed by atoms with E-state index in [1.165, 1.54) is 5.01 Å². The number of hydrogen-bond acceptors (Lipinski definition) is 8. The van der Waals surface area contributed by atoms with Gasteiger partial charge in [-0.15, -0.1) is 0 Å². The zero-order chi connectivity index (χ0) is 22.6. The Morgan fingerprint density at radius 2 is 1.97 bits per heavy atom. The van der Waals surface area contributed by atoms with Crippen LogP contribution in [0.2, 0.25) is 0 Å². The third-order valence-corrected chi connectivity index (χ3v) is 4.33. The van der Waals surface area contributed by atoms with Gasteiger partial charge in [0.2, 0.25) is 11.7 Å². The molecule has 2 rings (SSSR count). The lowest BCUT2D eigenvalue weighted by atomic mass is 10.2. The maximum atomic E-state index is 12.0. The molecule has 0 saturated carbocycles. The highest BCUT2D eigenvalue weighted by atomic mass is 16.6. The Hall–Kier alpha value is -3.53. The Kier molecular flexibility index (Phi) is 9.37. The van der Waals surface area contributed by atoms with Crippen LogP contribution in [0.5, 0.6) is 0 Å². The molecule has 166 valence electrons. The van der Waals surface area contributed by atoms with Gasteiger partial charge in [-0.3, -0.25) is 4.79 Å². The maximum absolute atomic E-state index is 12.0. The van der Waals surface area contributed by atoms with Gasteiger partial charge in [0, 0.05) is 12.1 Å². The molecule has 10 heteroatoms. The number of aromatic nitrogens is 2. The minimum absolute atomic E-state index is 0.0554. The molecule has 0 bridgehead atoms. The van der Waals surface area contributed by atoms with Gasteiger partial charge in [-0.25, -0.2) is 20.8 Å². The molecule has 2 aromatic rings. The number of amides is 1. The van der Waals surface area contributed by atoms with Crippen molar-refractivity contribution in [1.82, 2.24) is 15.0 Å². The van der Waals surface area contributed by atoms with E-state index in [-0.39, 0.29) is 18.3 Å². The van der Waals surface area contributed by atoms with Gasteiger partial charge in [-0.2, -0.15) is 5.10 Å². The van der Waals surface area contributed by atoms with Crippen LogP contribution >= 0.6 is 0 Å². The zero-order valence-corrected chi connectivity index (χ0v) is 18.2. The number of pyridine rings is 2. The van der Waals surface area contributed by atoms with Crippen LogP contribution in [0.15, 0.2) is 46.7 Å². The molecule has 0 saturated heterocycles. The molecule has 0 aliphatic rings. The largest absolute Gasteiger partial charge is 0.387 e. The minimum Gasteiger partial charge on any atom is -0.387 e. The number of hydrazine groups is 1. The van der Waals surface area contributed by atoms with Crippen LogP contribution in [0.25, 0.3) is 0 Å². The summed E-state index contributed by atoms with van der Waals surface area (Å²) in [7, 11) is 0. The van der Waals surface area contributed by atoms with Crippen molar-refractivity contribution in [3.8, 4) is 0 Å². The van der Waals surface area contributed by atoms with Gasteiger partial charge in [0.25, 0.3) is 0 Å². The van der Waals surface area contributed by atoms with E-state index in [1.54, 1.807) is 31.2 Å². The van der Waals surface area contributed by atoms with Gasteiger partial charge in [0.05, 0.1) is 5.69 Å². The van der Waals surface area contributed by atoms with Crippen LogP contribution in [0, 0.1) is 6.92 Å². The number of carbonyl (C=O) groups excluding carboxylic acids is 1. The number of nitrogens with one attached hydrogen (secondary N) is 1. The lowest BCUT2D eigenvalue weighted by Gasteiger charge is -2.18. The normalized spacial score (nSPS) is 11.9. The van der Waals surface area contributed by atoms with Crippen LogP contribution in [0.1, 0.15) is 56.6 Å². The standard InChI is InChI=1S/C21H30N8O2/c1-4-5-6-13-20(30)26-19-12-8-10-17(25-19)14-31-28-21(29(23)16(3)27-22)18-11-7-9-15(2)24-18/h7-12H,4-6,13-14,22-23H2,1-3H3,(H,25,26,30)/b27-16-,28-21+. The summed E-state index contributed by atoms with van der Waals surface area (Å²) in [6.07, 6.45) is 3.42. The number of rotatable bonds is 9. The van der Waals surface area contributed by atoms with Crippen LogP contribution in [0.4, 0.5) is 5.82 Å². The van der Waals surface area contributed by atoms with Crippen molar-refractivity contribution in [2.24, 2.45) is 21.9 Å². The van der Waals surface area contributed by atoms with Crippen molar-refractivity contribution in [1.29, 1.82) is 0 Å². The molecule has 0 radical (unpaired) electrons. The number of unbranched alkanes of at least 4 members (excludes halogenated alkanes) is 2. The second-order valence-electron chi connectivity index (χ2n) is 6.92. The molecule has 0 aromatic carbocycles. The monoisotopic (exact) mass is 426 g/mol. The smallest absolute Gasteiger partial charge is 0.225 e. The summed E-state index contributed by atoms with van der Waals surface area (Å²) in [6, 6.07) is 10.8. The molecule has 0 unspecified atom stereocenters. The molecular weight excluding hydrogens is 396 g/mol. The molecule has 2 heterocycles. The average Bonchev–Trinajstić information content (AvgIpc) is 2.76. The summed E-state index contributed by atoms with van der Waals surface area (Å²) >= 11 is 0. The van der Waals surface area contributed by atoms with E-state index < -0.39 is 0 Å². The quantitative estimate of drug-likeness (QED) is 0.184. The summed E-state index contributed by atoms with van der Waals surface area (Å²) in [5.41, 5.74) is 1.90. The zero-order valence-electron chi connectivity index (χ0n) is 18.2. The summed E-state index contributed by atoms with van der Waals surface area (Å²) in [5, 5.41) is 11.7. The molecule has 31 heavy (non-hydrogen) atoms. The first-order valence-corrected chi connectivity index (χ1v) is 10.1. The van der Waals surface area contributed by atoms with E-state index in [2.05, 4.69) is 32.5 Å². The van der Waals surface area contributed by atoms with Gasteiger partial charge >= 0.3 is 0 Å². The molecule has 0 fully saturated rings. The fraction of sp³-hybridized carbons (Fsp3) is 0.381. The Bertz CT molecular complexity index is 929. The fourth-order valence-electron chi connectivity index (χ4n) is 2.63. The Morgan fingerprint density at radius 1 is 1.19 bits per heavy atom. The predicted octanol–water partition coefficient (Wildman–Crippen LogP) is 2.65. The van der Waals surface area contributed by atoms with Crippen LogP contribution in [-0.2, 0) is 16.2 Å². The number of anilines is 1. The van der Waals surface area contributed by atoms with Crippen LogP contribution in [-0.4, -0.2) is 32.6 Å². The first kappa shape index (κ1) is 23.7. The first-order chi connectivity index (χ1) is 14.9. The number of oxime groups is 1. The number of amidine groups is 2. The molecule has 0 atom stereocenters. The summed E-state index contributed by atoms with van der Waals surface area (Å²) in [4.78, 5) is 26.3. The van der Waals surface area contributed by atoms with E-state index in [1.807, 2.05) is 19.1 Å². The third-order valence-electron chi connectivity index (χ3n) is 4.33. The van der Waals surface area contributed by atoms with Crippen molar-refractivity contribution in [3.05, 3.63) is 53.5 Å². The van der Waals surface area contributed by atoms with E-state index in [0.29, 0.717) is 29.5 Å². The molecule has 1 amide bonds. The number of nitrogens with two attached hydrogens (primary N) is 2. The lowest BCUT2D eigenvalue weighted by Crippen LogP contribution is -2.43. The molecule has 0 aliphatic carbocycles. The van der Waals surface area contributed by atoms with Crippen LogP contribution in [0.3, 0.4) is 0 Å². The number of hydrazone groups is 1. The van der Waals surface area contributed by atoms with E-state index in [0.717, 1.165) is 25.0 Å². The summed E-state index contributed by atoms with van der Waals surface area (Å²) < 4.78 is 0. The first-order valence-electron chi connectivity index (χ1n) is 10.1.